The zero-order chi connectivity index (χ0) is 20.2. The van der Waals surface area contributed by atoms with Gasteiger partial charge < -0.3 is 5.32 Å². The summed E-state index contributed by atoms with van der Waals surface area (Å²) in [5.41, 5.74) is -1.26. The van der Waals surface area contributed by atoms with E-state index < -0.39 is 40.3 Å². The third-order valence-electron chi connectivity index (χ3n) is 3.41. The van der Waals surface area contributed by atoms with E-state index in [0.29, 0.717) is 6.07 Å². The highest BCUT2D eigenvalue weighted by Crippen LogP contribution is 2.35. The summed E-state index contributed by atoms with van der Waals surface area (Å²) in [6, 6.07) is 5.81. The van der Waals surface area contributed by atoms with Crippen LogP contribution in [-0.4, -0.2) is 5.91 Å². The molecule has 1 atom stereocenters. The summed E-state index contributed by atoms with van der Waals surface area (Å²) >= 11 is 5.50. The molecule has 0 aromatic heterocycles. The molecule has 1 unspecified atom stereocenters. The number of rotatable bonds is 4. The standard InChI is InChI=1S/C18H10ClF5N2O/c19-14-5-1-10(7-13(14)18(22,23)24)2-6-17(27)26-16(9-25)12-4-3-11(20)8-15(12)21/h1-8,16H,(H,26,27)/b6-2+. The van der Waals surface area contributed by atoms with Crippen LogP contribution in [0.3, 0.4) is 0 Å². The van der Waals surface area contributed by atoms with Gasteiger partial charge in [-0.25, -0.2) is 8.78 Å². The molecule has 0 heterocycles. The fourth-order valence-corrected chi connectivity index (χ4v) is 2.37. The minimum Gasteiger partial charge on any atom is -0.333 e. The van der Waals surface area contributed by atoms with Crippen LogP contribution in [0.2, 0.25) is 5.02 Å². The fraction of sp³-hybridized carbons (Fsp3) is 0.111. The average Bonchev–Trinajstić information content (AvgIpc) is 2.58. The number of nitriles is 1. The van der Waals surface area contributed by atoms with Crippen LogP contribution in [0, 0.1) is 23.0 Å². The Labute approximate surface area is 155 Å². The van der Waals surface area contributed by atoms with Crippen molar-refractivity contribution in [2.45, 2.75) is 12.2 Å². The second-order valence-corrected chi connectivity index (χ2v) is 5.71. The summed E-state index contributed by atoms with van der Waals surface area (Å²) in [5, 5.41) is 10.8. The largest absolute Gasteiger partial charge is 0.417 e. The third kappa shape index (κ3) is 5.28. The quantitative estimate of drug-likeness (QED) is 0.578. The van der Waals surface area contributed by atoms with Crippen LogP contribution in [0.15, 0.2) is 42.5 Å². The van der Waals surface area contributed by atoms with Gasteiger partial charge in [-0.05, 0) is 29.8 Å². The van der Waals surface area contributed by atoms with Crippen molar-refractivity contribution in [1.29, 1.82) is 5.26 Å². The van der Waals surface area contributed by atoms with Gasteiger partial charge in [0.1, 0.15) is 17.7 Å². The molecule has 140 valence electrons. The van der Waals surface area contributed by atoms with Gasteiger partial charge in [-0.15, -0.1) is 0 Å². The summed E-state index contributed by atoms with van der Waals surface area (Å²) in [6.07, 6.45) is -2.69. The van der Waals surface area contributed by atoms with Gasteiger partial charge in [0.05, 0.1) is 16.7 Å². The Morgan fingerprint density at radius 1 is 1.19 bits per heavy atom. The van der Waals surface area contributed by atoms with Crippen molar-refractivity contribution in [1.82, 2.24) is 5.32 Å². The molecule has 0 aliphatic rings. The van der Waals surface area contributed by atoms with Crippen LogP contribution < -0.4 is 5.32 Å². The van der Waals surface area contributed by atoms with E-state index in [1.54, 1.807) is 6.07 Å². The van der Waals surface area contributed by atoms with Crippen molar-refractivity contribution in [2.75, 3.05) is 0 Å². The summed E-state index contributed by atoms with van der Waals surface area (Å²) in [6.45, 7) is 0. The number of amides is 1. The minimum atomic E-state index is -4.66. The van der Waals surface area contributed by atoms with Crippen LogP contribution in [0.4, 0.5) is 22.0 Å². The highest BCUT2D eigenvalue weighted by Gasteiger charge is 2.33. The minimum absolute atomic E-state index is 0.0448. The summed E-state index contributed by atoms with van der Waals surface area (Å²) in [7, 11) is 0. The van der Waals surface area contributed by atoms with Crippen LogP contribution >= 0.6 is 11.6 Å². The maximum absolute atomic E-state index is 13.7. The number of hydrogen-bond donors (Lipinski definition) is 1. The van der Waals surface area contributed by atoms with Gasteiger partial charge in [-0.3, -0.25) is 4.79 Å². The van der Waals surface area contributed by atoms with Crippen molar-refractivity contribution < 1.29 is 26.7 Å². The van der Waals surface area contributed by atoms with Gasteiger partial charge in [-0.1, -0.05) is 23.7 Å². The number of hydrogen-bond acceptors (Lipinski definition) is 2. The lowest BCUT2D eigenvalue weighted by Crippen LogP contribution is -2.26. The van der Waals surface area contributed by atoms with Crippen molar-refractivity contribution in [3.05, 3.63) is 75.8 Å². The van der Waals surface area contributed by atoms with Crippen molar-refractivity contribution in [3.8, 4) is 6.07 Å². The number of nitrogens with one attached hydrogen (secondary N) is 1. The first-order valence-electron chi connectivity index (χ1n) is 7.31. The van der Waals surface area contributed by atoms with Crippen LogP contribution in [-0.2, 0) is 11.0 Å². The first kappa shape index (κ1) is 20.4. The second kappa shape index (κ2) is 8.18. The first-order chi connectivity index (χ1) is 12.6. The Kier molecular flexibility index (Phi) is 6.18. The molecule has 0 fully saturated rings. The van der Waals surface area contributed by atoms with Gasteiger partial charge in [0.2, 0.25) is 5.91 Å². The number of halogens is 6. The summed E-state index contributed by atoms with van der Waals surface area (Å²) < 4.78 is 65.1. The number of benzene rings is 2. The monoisotopic (exact) mass is 400 g/mol. The molecule has 1 amide bonds. The van der Waals surface area contributed by atoms with Crippen molar-refractivity contribution in [3.63, 3.8) is 0 Å². The maximum Gasteiger partial charge on any atom is 0.417 e. The lowest BCUT2D eigenvalue weighted by atomic mass is 10.1. The van der Waals surface area contributed by atoms with E-state index >= 15 is 0 Å². The molecule has 0 saturated carbocycles. The zero-order valence-corrected chi connectivity index (χ0v) is 14.1. The fourth-order valence-electron chi connectivity index (χ4n) is 2.14. The summed E-state index contributed by atoms with van der Waals surface area (Å²) in [5.74, 6) is -2.71. The second-order valence-electron chi connectivity index (χ2n) is 5.31. The maximum atomic E-state index is 13.7. The molecule has 1 N–H and O–H groups in total. The molecule has 9 heteroatoms. The molecule has 3 nitrogen and oxygen atoms in total. The van der Waals surface area contributed by atoms with Crippen LogP contribution in [0.25, 0.3) is 6.08 Å². The molecule has 2 aromatic rings. The molecule has 27 heavy (non-hydrogen) atoms. The third-order valence-corrected chi connectivity index (χ3v) is 3.74. The van der Waals surface area contributed by atoms with E-state index in [1.165, 1.54) is 6.07 Å². The first-order valence-corrected chi connectivity index (χ1v) is 7.69. The molecule has 0 spiro atoms. The molecule has 2 rings (SSSR count). The average molecular weight is 401 g/mol. The Bertz CT molecular complexity index is 934. The molecular formula is C18H10ClF5N2O. The van der Waals surface area contributed by atoms with Gasteiger partial charge in [0.25, 0.3) is 0 Å². The summed E-state index contributed by atoms with van der Waals surface area (Å²) in [4.78, 5) is 11.9. The van der Waals surface area contributed by atoms with Crippen LogP contribution in [0.5, 0.6) is 0 Å². The lowest BCUT2D eigenvalue weighted by molar-refractivity contribution is -0.137. The Morgan fingerprint density at radius 2 is 1.89 bits per heavy atom. The normalized spacial score (nSPS) is 12.6. The Hall–Kier alpha value is -2.92. The Morgan fingerprint density at radius 3 is 2.48 bits per heavy atom. The van der Waals surface area contributed by atoms with Gasteiger partial charge in [-0.2, -0.15) is 18.4 Å². The topological polar surface area (TPSA) is 52.9 Å². The van der Waals surface area contributed by atoms with E-state index in [0.717, 1.165) is 36.4 Å². The number of carbonyl (C=O) groups is 1. The predicted octanol–water partition coefficient (Wildman–Crippen LogP) is 5.03. The van der Waals surface area contributed by atoms with E-state index in [9.17, 15) is 26.7 Å². The molecule has 0 aliphatic carbocycles. The highest BCUT2D eigenvalue weighted by atomic mass is 35.5. The van der Waals surface area contributed by atoms with Crippen LogP contribution in [0.1, 0.15) is 22.7 Å². The Balaban J connectivity index is 2.16. The number of alkyl halides is 3. The van der Waals surface area contributed by atoms with E-state index in [4.69, 9.17) is 16.9 Å². The highest BCUT2D eigenvalue weighted by molar-refractivity contribution is 6.31. The molecule has 0 bridgehead atoms. The van der Waals surface area contributed by atoms with Gasteiger partial charge in [0.15, 0.2) is 0 Å². The lowest BCUT2D eigenvalue weighted by Gasteiger charge is -2.11. The number of carbonyl (C=O) groups excluding carboxylic acids is 1. The molecular weight excluding hydrogens is 391 g/mol. The van der Waals surface area contributed by atoms with E-state index in [2.05, 4.69) is 5.32 Å². The van der Waals surface area contributed by atoms with Gasteiger partial charge >= 0.3 is 6.18 Å². The number of nitrogens with zero attached hydrogens (tertiary/aromatic N) is 1. The van der Waals surface area contributed by atoms with Gasteiger partial charge in [0, 0.05) is 17.7 Å². The SMILES string of the molecule is N#CC(NC(=O)/C=C/c1ccc(Cl)c(C(F)(F)F)c1)c1ccc(F)cc1F. The van der Waals surface area contributed by atoms with Crippen molar-refractivity contribution >= 4 is 23.6 Å². The predicted molar refractivity (Wildman–Crippen MR) is 88.3 cm³/mol. The van der Waals surface area contributed by atoms with E-state index in [1.807, 2.05) is 0 Å². The smallest absolute Gasteiger partial charge is 0.333 e. The van der Waals surface area contributed by atoms with E-state index in [-0.39, 0.29) is 11.1 Å². The zero-order valence-electron chi connectivity index (χ0n) is 13.3. The molecule has 2 aromatic carbocycles. The molecule has 0 saturated heterocycles. The molecule has 0 radical (unpaired) electrons. The van der Waals surface area contributed by atoms with Crippen molar-refractivity contribution in [2.24, 2.45) is 0 Å². The molecule has 0 aliphatic heterocycles.